The van der Waals surface area contributed by atoms with Crippen LogP contribution in [0, 0.1) is 0 Å². The minimum Gasteiger partial charge on any atom is -0.393 e. The smallest absolute Gasteiger partial charge is 0.393 e. The quantitative estimate of drug-likeness (QED) is 0.444. The van der Waals surface area contributed by atoms with Gasteiger partial charge in [-0.1, -0.05) is 6.58 Å². The monoisotopic (exact) mass is 210 g/mol. The number of phosphoric acid groups is 1. The number of hydrogen-bond acceptors (Lipinski definition) is 4. The van der Waals surface area contributed by atoms with Gasteiger partial charge in [0.25, 0.3) is 0 Å². The SMILES string of the molecule is C=C(CC(C)O)C(=O)OP(=O)(O)O. The maximum absolute atomic E-state index is 10.8. The van der Waals surface area contributed by atoms with Crippen molar-refractivity contribution < 1.29 is 28.8 Å². The molecule has 13 heavy (non-hydrogen) atoms. The number of carbonyl (C=O) groups excluding carboxylic acids is 1. The first-order chi connectivity index (χ1) is 5.72. The van der Waals surface area contributed by atoms with Gasteiger partial charge in [0.2, 0.25) is 0 Å². The highest BCUT2D eigenvalue weighted by Crippen LogP contribution is 2.36. The van der Waals surface area contributed by atoms with Crippen LogP contribution in [0.15, 0.2) is 12.2 Å². The maximum atomic E-state index is 10.8. The zero-order valence-corrected chi connectivity index (χ0v) is 7.90. The fraction of sp³-hybridized carbons (Fsp3) is 0.500. The summed E-state index contributed by atoms with van der Waals surface area (Å²) in [6.07, 6.45) is -0.893. The molecular weight excluding hydrogens is 199 g/mol. The van der Waals surface area contributed by atoms with Crippen molar-refractivity contribution in [3.8, 4) is 0 Å². The van der Waals surface area contributed by atoms with E-state index in [2.05, 4.69) is 11.1 Å². The fourth-order valence-electron chi connectivity index (χ4n) is 0.612. The van der Waals surface area contributed by atoms with Crippen LogP contribution in [0.5, 0.6) is 0 Å². The summed E-state index contributed by atoms with van der Waals surface area (Å²) in [5.74, 6) is -1.20. The number of carbonyl (C=O) groups is 1. The third kappa shape index (κ3) is 6.48. The van der Waals surface area contributed by atoms with Gasteiger partial charge in [0.05, 0.1) is 6.10 Å². The highest BCUT2D eigenvalue weighted by atomic mass is 31.2. The van der Waals surface area contributed by atoms with E-state index in [0.717, 1.165) is 0 Å². The van der Waals surface area contributed by atoms with Crippen LogP contribution in [0.3, 0.4) is 0 Å². The van der Waals surface area contributed by atoms with Crippen molar-refractivity contribution in [2.45, 2.75) is 19.4 Å². The van der Waals surface area contributed by atoms with Crippen molar-refractivity contribution in [2.24, 2.45) is 0 Å². The van der Waals surface area contributed by atoms with E-state index in [-0.39, 0.29) is 12.0 Å². The Bertz CT molecular complexity index is 252. The molecule has 0 aromatic rings. The lowest BCUT2D eigenvalue weighted by Crippen LogP contribution is -2.10. The molecule has 1 unspecified atom stereocenters. The average Bonchev–Trinajstić information content (AvgIpc) is 1.81. The molecule has 7 heteroatoms. The van der Waals surface area contributed by atoms with E-state index in [1.54, 1.807) is 0 Å². The molecule has 0 aromatic carbocycles. The summed E-state index contributed by atoms with van der Waals surface area (Å²) in [7, 11) is -4.81. The highest BCUT2D eigenvalue weighted by Gasteiger charge is 2.22. The molecule has 0 radical (unpaired) electrons. The van der Waals surface area contributed by atoms with Crippen molar-refractivity contribution in [1.82, 2.24) is 0 Å². The molecule has 76 valence electrons. The predicted molar refractivity (Wildman–Crippen MR) is 43.6 cm³/mol. The standard InChI is InChI=1S/C6H11O6P/c1-4(3-5(2)7)6(8)12-13(9,10)11/h5,7H,1,3H2,2H3,(H2,9,10,11). The number of hydrogen-bond donors (Lipinski definition) is 3. The number of aliphatic hydroxyl groups is 1. The molecule has 0 amide bonds. The highest BCUT2D eigenvalue weighted by molar-refractivity contribution is 7.46. The van der Waals surface area contributed by atoms with Gasteiger partial charge in [-0.25, -0.2) is 9.36 Å². The molecule has 0 aromatic heterocycles. The normalized spacial score (nSPS) is 13.5. The van der Waals surface area contributed by atoms with Gasteiger partial charge in [0, 0.05) is 12.0 Å². The lowest BCUT2D eigenvalue weighted by molar-refractivity contribution is -0.131. The van der Waals surface area contributed by atoms with Crippen LogP contribution in [-0.4, -0.2) is 27.0 Å². The Morgan fingerprint density at radius 2 is 2.08 bits per heavy atom. The summed E-state index contributed by atoms with van der Waals surface area (Å²) < 4.78 is 13.9. The molecule has 0 rings (SSSR count). The van der Waals surface area contributed by atoms with Gasteiger partial charge in [0.1, 0.15) is 0 Å². The van der Waals surface area contributed by atoms with E-state index in [4.69, 9.17) is 14.9 Å². The van der Waals surface area contributed by atoms with E-state index >= 15 is 0 Å². The Hall–Kier alpha value is -0.680. The van der Waals surface area contributed by atoms with Crippen molar-refractivity contribution >= 4 is 13.8 Å². The molecule has 1 atom stereocenters. The third-order valence-electron chi connectivity index (χ3n) is 1.03. The minimum absolute atomic E-state index is 0.0845. The van der Waals surface area contributed by atoms with Crippen LogP contribution in [-0.2, 0) is 13.9 Å². The molecule has 0 aliphatic carbocycles. The summed E-state index contributed by atoms with van der Waals surface area (Å²) in [6.45, 7) is 4.61. The third-order valence-corrected chi connectivity index (χ3v) is 1.44. The molecule has 0 heterocycles. The van der Waals surface area contributed by atoms with E-state index in [1.807, 2.05) is 0 Å². The Balaban J connectivity index is 4.14. The van der Waals surface area contributed by atoms with Crippen LogP contribution < -0.4 is 0 Å². The van der Waals surface area contributed by atoms with Gasteiger partial charge in [-0.3, -0.25) is 9.79 Å². The summed E-state index contributed by atoms with van der Waals surface area (Å²) in [6, 6.07) is 0. The summed E-state index contributed by atoms with van der Waals surface area (Å²) >= 11 is 0. The van der Waals surface area contributed by atoms with E-state index in [9.17, 15) is 9.36 Å². The topological polar surface area (TPSA) is 104 Å². The molecule has 0 bridgehead atoms. The Morgan fingerprint density at radius 3 is 2.38 bits per heavy atom. The van der Waals surface area contributed by atoms with Crippen molar-refractivity contribution in [3.63, 3.8) is 0 Å². The van der Waals surface area contributed by atoms with Crippen LogP contribution in [0.1, 0.15) is 13.3 Å². The number of rotatable bonds is 4. The Morgan fingerprint density at radius 1 is 1.62 bits per heavy atom. The van der Waals surface area contributed by atoms with Crippen molar-refractivity contribution in [1.29, 1.82) is 0 Å². The number of aliphatic hydroxyl groups excluding tert-OH is 1. The second kappa shape index (κ2) is 4.53. The summed E-state index contributed by atoms with van der Waals surface area (Å²) in [5.41, 5.74) is -0.182. The second-order valence-electron chi connectivity index (χ2n) is 2.53. The summed E-state index contributed by atoms with van der Waals surface area (Å²) in [5, 5.41) is 8.81. The molecule has 0 saturated carbocycles. The Kier molecular flexibility index (Phi) is 4.29. The lowest BCUT2D eigenvalue weighted by atomic mass is 10.1. The first-order valence-corrected chi connectivity index (χ1v) is 4.90. The lowest BCUT2D eigenvalue weighted by Gasteiger charge is -2.08. The van der Waals surface area contributed by atoms with Crippen LogP contribution in [0.25, 0.3) is 0 Å². The van der Waals surface area contributed by atoms with E-state index in [1.165, 1.54) is 6.92 Å². The molecule has 0 aliphatic heterocycles. The minimum atomic E-state index is -4.81. The second-order valence-corrected chi connectivity index (χ2v) is 3.69. The van der Waals surface area contributed by atoms with Crippen LogP contribution in [0.2, 0.25) is 0 Å². The molecule has 0 spiro atoms. The predicted octanol–water partition coefficient (Wildman–Crippen LogP) is -0.0506. The average molecular weight is 210 g/mol. The van der Waals surface area contributed by atoms with Gasteiger partial charge >= 0.3 is 13.8 Å². The largest absolute Gasteiger partial charge is 0.527 e. The van der Waals surface area contributed by atoms with Gasteiger partial charge in [-0.05, 0) is 6.92 Å². The van der Waals surface area contributed by atoms with Gasteiger partial charge in [0.15, 0.2) is 0 Å². The van der Waals surface area contributed by atoms with Crippen LogP contribution in [0.4, 0.5) is 0 Å². The van der Waals surface area contributed by atoms with E-state index < -0.39 is 19.9 Å². The molecular formula is C6H11O6P. The molecule has 0 aliphatic rings. The van der Waals surface area contributed by atoms with Gasteiger partial charge < -0.3 is 9.63 Å². The van der Waals surface area contributed by atoms with Gasteiger partial charge in [-0.2, -0.15) is 0 Å². The molecule has 0 saturated heterocycles. The molecule has 3 N–H and O–H groups in total. The zero-order chi connectivity index (χ0) is 10.6. The zero-order valence-electron chi connectivity index (χ0n) is 7.01. The van der Waals surface area contributed by atoms with Gasteiger partial charge in [-0.15, -0.1) is 0 Å². The Labute approximate surface area is 75.1 Å². The first-order valence-electron chi connectivity index (χ1n) is 3.37. The first kappa shape index (κ1) is 12.3. The van der Waals surface area contributed by atoms with Crippen molar-refractivity contribution in [2.75, 3.05) is 0 Å². The van der Waals surface area contributed by atoms with Crippen molar-refractivity contribution in [3.05, 3.63) is 12.2 Å². The maximum Gasteiger partial charge on any atom is 0.527 e. The van der Waals surface area contributed by atoms with Crippen LogP contribution >= 0.6 is 7.82 Å². The fourth-order valence-corrected chi connectivity index (χ4v) is 0.958. The summed E-state index contributed by atoms with van der Waals surface area (Å²) in [4.78, 5) is 27.2. The van der Waals surface area contributed by atoms with E-state index in [0.29, 0.717) is 0 Å². The number of phosphoric ester groups is 1. The molecule has 6 nitrogen and oxygen atoms in total. The molecule has 0 fully saturated rings.